The van der Waals surface area contributed by atoms with Crippen molar-refractivity contribution in [2.75, 3.05) is 6.61 Å². The highest BCUT2D eigenvalue weighted by Gasteiger charge is 2.29. The molecule has 0 bridgehead atoms. The largest absolute Gasteiger partial charge is 0.466 e. The average Bonchev–Trinajstić information content (AvgIpc) is 2.57. The monoisotopic (exact) mass is 302 g/mol. The van der Waals surface area contributed by atoms with Gasteiger partial charge in [-0.2, -0.15) is 0 Å². The van der Waals surface area contributed by atoms with Crippen LogP contribution in [-0.4, -0.2) is 18.4 Å². The highest BCUT2D eigenvalue weighted by molar-refractivity contribution is 5.82. The molecule has 2 atom stereocenters. The van der Waals surface area contributed by atoms with Gasteiger partial charge in [0.2, 0.25) is 0 Å². The van der Waals surface area contributed by atoms with Crippen LogP contribution < -0.4 is 0 Å². The molecule has 2 unspecified atom stereocenters. The Labute approximate surface area is 133 Å². The number of esters is 1. The van der Waals surface area contributed by atoms with Crippen molar-refractivity contribution >= 4 is 11.8 Å². The third-order valence-electron chi connectivity index (χ3n) is 4.04. The SMILES string of the molecule is C=C.CCOC(=O)CCC1CC(c2ccccc2)CCC1=O. The molecule has 0 aliphatic heterocycles. The molecule has 0 spiro atoms. The number of hydrogen-bond donors (Lipinski definition) is 0. The summed E-state index contributed by atoms with van der Waals surface area (Å²) in [5, 5.41) is 0. The van der Waals surface area contributed by atoms with E-state index in [0.717, 1.165) is 12.8 Å². The topological polar surface area (TPSA) is 43.4 Å². The summed E-state index contributed by atoms with van der Waals surface area (Å²) >= 11 is 0. The van der Waals surface area contributed by atoms with E-state index in [-0.39, 0.29) is 11.9 Å². The van der Waals surface area contributed by atoms with Crippen LogP contribution in [0.1, 0.15) is 50.5 Å². The van der Waals surface area contributed by atoms with Gasteiger partial charge in [0.05, 0.1) is 6.61 Å². The van der Waals surface area contributed by atoms with Crippen LogP contribution in [0.4, 0.5) is 0 Å². The van der Waals surface area contributed by atoms with Gasteiger partial charge >= 0.3 is 5.97 Å². The van der Waals surface area contributed by atoms with E-state index in [1.54, 1.807) is 6.92 Å². The lowest BCUT2D eigenvalue weighted by Crippen LogP contribution is -2.24. The van der Waals surface area contributed by atoms with E-state index in [1.165, 1.54) is 5.56 Å². The Bertz CT molecular complexity index is 467. The van der Waals surface area contributed by atoms with Gasteiger partial charge in [-0.25, -0.2) is 0 Å². The lowest BCUT2D eigenvalue weighted by atomic mass is 9.75. The maximum atomic E-state index is 12.0. The molecule has 0 saturated heterocycles. The first-order chi connectivity index (χ1) is 10.7. The van der Waals surface area contributed by atoms with Crippen molar-refractivity contribution in [2.24, 2.45) is 5.92 Å². The highest BCUT2D eigenvalue weighted by atomic mass is 16.5. The van der Waals surface area contributed by atoms with Crippen LogP contribution in [0.2, 0.25) is 0 Å². The van der Waals surface area contributed by atoms with E-state index in [0.29, 0.717) is 37.6 Å². The van der Waals surface area contributed by atoms with E-state index >= 15 is 0 Å². The lowest BCUT2D eigenvalue weighted by Gasteiger charge is -2.28. The average molecular weight is 302 g/mol. The van der Waals surface area contributed by atoms with Crippen molar-refractivity contribution in [3.05, 3.63) is 49.1 Å². The predicted molar refractivity (Wildman–Crippen MR) is 88.7 cm³/mol. The zero-order valence-corrected chi connectivity index (χ0v) is 13.4. The fourth-order valence-electron chi connectivity index (χ4n) is 2.95. The Hall–Kier alpha value is -1.90. The fourth-order valence-corrected chi connectivity index (χ4v) is 2.95. The van der Waals surface area contributed by atoms with E-state index in [9.17, 15) is 9.59 Å². The second-order valence-corrected chi connectivity index (χ2v) is 5.39. The molecule has 120 valence electrons. The van der Waals surface area contributed by atoms with Crippen molar-refractivity contribution in [3.8, 4) is 0 Å². The minimum absolute atomic E-state index is 0.0124. The molecule has 0 aromatic heterocycles. The number of rotatable bonds is 5. The van der Waals surface area contributed by atoms with Gasteiger partial charge in [0.1, 0.15) is 5.78 Å². The number of carbonyl (C=O) groups excluding carboxylic acids is 2. The number of ether oxygens (including phenoxy) is 1. The summed E-state index contributed by atoms with van der Waals surface area (Å²) < 4.78 is 4.93. The molecule has 1 aromatic rings. The van der Waals surface area contributed by atoms with Crippen LogP contribution in [0.15, 0.2) is 43.5 Å². The van der Waals surface area contributed by atoms with Crippen molar-refractivity contribution in [3.63, 3.8) is 0 Å². The quantitative estimate of drug-likeness (QED) is 0.602. The van der Waals surface area contributed by atoms with Crippen LogP contribution in [-0.2, 0) is 14.3 Å². The fraction of sp³-hybridized carbons (Fsp3) is 0.474. The van der Waals surface area contributed by atoms with Crippen LogP contribution in [0.3, 0.4) is 0 Å². The summed E-state index contributed by atoms with van der Waals surface area (Å²) in [4.78, 5) is 23.4. The molecular formula is C19H26O3. The summed E-state index contributed by atoms with van der Waals surface area (Å²) in [6.07, 6.45) is 3.40. The second-order valence-electron chi connectivity index (χ2n) is 5.39. The summed E-state index contributed by atoms with van der Waals surface area (Å²) in [5.74, 6) is 0.572. The number of carbonyl (C=O) groups is 2. The summed E-state index contributed by atoms with van der Waals surface area (Å²) in [6.45, 7) is 8.21. The third-order valence-corrected chi connectivity index (χ3v) is 4.04. The molecule has 1 saturated carbocycles. The zero-order valence-electron chi connectivity index (χ0n) is 13.4. The molecule has 22 heavy (non-hydrogen) atoms. The van der Waals surface area contributed by atoms with E-state index in [2.05, 4.69) is 25.3 Å². The number of hydrogen-bond acceptors (Lipinski definition) is 3. The Morgan fingerprint density at radius 1 is 1.27 bits per heavy atom. The van der Waals surface area contributed by atoms with E-state index in [1.807, 2.05) is 18.2 Å². The maximum absolute atomic E-state index is 12.0. The van der Waals surface area contributed by atoms with Crippen LogP contribution >= 0.6 is 0 Å². The first kappa shape index (κ1) is 18.1. The van der Waals surface area contributed by atoms with Crippen molar-refractivity contribution in [1.29, 1.82) is 0 Å². The van der Waals surface area contributed by atoms with Gasteiger partial charge in [0, 0.05) is 18.8 Å². The summed E-state index contributed by atoms with van der Waals surface area (Å²) in [5.41, 5.74) is 1.31. The van der Waals surface area contributed by atoms with E-state index in [4.69, 9.17) is 4.74 Å². The zero-order chi connectivity index (χ0) is 16.4. The molecule has 1 fully saturated rings. The maximum Gasteiger partial charge on any atom is 0.305 e. The van der Waals surface area contributed by atoms with Gasteiger partial charge in [0.15, 0.2) is 0 Å². The number of Topliss-reactive ketones (excluding diaryl/α,β-unsaturated/α-hetero) is 1. The Kier molecular flexibility index (Phi) is 8.19. The molecule has 0 N–H and O–H groups in total. The van der Waals surface area contributed by atoms with E-state index < -0.39 is 0 Å². The van der Waals surface area contributed by atoms with Crippen LogP contribution in [0.5, 0.6) is 0 Å². The van der Waals surface area contributed by atoms with Crippen LogP contribution in [0.25, 0.3) is 0 Å². The Morgan fingerprint density at radius 3 is 2.59 bits per heavy atom. The van der Waals surface area contributed by atoms with Crippen molar-refractivity contribution < 1.29 is 14.3 Å². The molecule has 1 aromatic carbocycles. The summed E-state index contributed by atoms with van der Waals surface area (Å²) in [7, 11) is 0. The molecule has 3 heteroatoms. The lowest BCUT2D eigenvalue weighted by molar-refractivity contribution is -0.143. The molecule has 1 aliphatic rings. The first-order valence-electron chi connectivity index (χ1n) is 7.94. The number of benzene rings is 1. The Morgan fingerprint density at radius 2 is 1.95 bits per heavy atom. The standard InChI is InChI=1S/C17H22O3.C2H4/c1-2-20-17(19)11-9-15-12-14(8-10-16(15)18)13-6-4-3-5-7-13;1-2/h3-7,14-15H,2,8-12H2,1H3;1-2H2. The van der Waals surface area contributed by atoms with Gasteiger partial charge < -0.3 is 4.74 Å². The van der Waals surface area contributed by atoms with Crippen molar-refractivity contribution in [1.82, 2.24) is 0 Å². The summed E-state index contributed by atoms with van der Waals surface area (Å²) in [6, 6.07) is 10.3. The van der Waals surface area contributed by atoms with Gasteiger partial charge in [-0.1, -0.05) is 30.3 Å². The third kappa shape index (κ3) is 5.47. The minimum atomic E-state index is -0.192. The highest BCUT2D eigenvalue weighted by Crippen LogP contribution is 2.36. The molecule has 3 nitrogen and oxygen atoms in total. The smallest absolute Gasteiger partial charge is 0.305 e. The first-order valence-corrected chi connectivity index (χ1v) is 7.94. The molecule has 0 amide bonds. The molecular weight excluding hydrogens is 276 g/mol. The molecule has 2 rings (SSSR count). The minimum Gasteiger partial charge on any atom is -0.466 e. The Balaban J connectivity index is 0.00000116. The normalized spacial score (nSPS) is 20.7. The molecule has 1 aliphatic carbocycles. The van der Waals surface area contributed by atoms with Gasteiger partial charge in [-0.15, -0.1) is 13.2 Å². The molecule has 0 heterocycles. The predicted octanol–water partition coefficient (Wildman–Crippen LogP) is 4.28. The van der Waals surface area contributed by atoms with Gasteiger partial charge in [-0.05, 0) is 37.7 Å². The van der Waals surface area contributed by atoms with Gasteiger partial charge in [-0.3, -0.25) is 9.59 Å². The van der Waals surface area contributed by atoms with Gasteiger partial charge in [0.25, 0.3) is 0 Å². The second kappa shape index (κ2) is 9.93. The number of ketones is 1. The van der Waals surface area contributed by atoms with Crippen LogP contribution in [0, 0.1) is 5.92 Å². The van der Waals surface area contributed by atoms with Crippen molar-refractivity contribution in [2.45, 2.75) is 44.9 Å². The molecule has 0 radical (unpaired) electrons.